The van der Waals surface area contributed by atoms with Crippen molar-refractivity contribution in [2.75, 3.05) is 0 Å². The fourth-order valence-corrected chi connectivity index (χ4v) is 3.26. The predicted molar refractivity (Wildman–Crippen MR) is 111 cm³/mol. The summed E-state index contributed by atoms with van der Waals surface area (Å²) < 4.78 is 21.4. The van der Waals surface area contributed by atoms with E-state index >= 15 is 0 Å². The molecule has 5 rings (SSSR count). The highest BCUT2D eigenvalue weighted by molar-refractivity contribution is 5.76. The lowest BCUT2D eigenvalue weighted by molar-refractivity contribution is 0.431. The van der Waals surface area contributed by atoms with Gasteiger partial charge in [-0.15, -0.1) is 5.10 Å². The summed E-state index contributed by atoms with van der Waals surface area (Å²) in [7, 11) is 0. The van der Waals surface area contributed by atoms with Crippen LogP contribution in [0.15, 0.2) is 77.6 Å². The van der Waals surface area contributed by atoms with E-state index in [1.807, 2.05) is 24.3 Å². The second-order valence-corrected chi connectivity index (χ2v) is 6.71. The number of benzene rings is 2. The van der Waals surface area contributed by atoms with E-state index in [4.69, 9.17) is 10.3 Å². The number of rotatable bonds is 5. The number of nitrogens with two attached hydrogens (primary N) is 1. The smallest absolute Gasteiger partial charge is 0.281 e. The summed E-state index contributed by atoms with van der Waals surface area (Å²) >= 11 is 0. The van der Waals surface area contributed by atoms with Gasteiger partial charge in [-0.3, -0.25) is 4.98 Å². The van der Waals surface area contributed by atoms with Gasteiger partial charge < -0.3 is 10.3 Å². The minimum Gasteiger partial charge on any atom is -0.332 e. The Labute approximate surface area is 176 Å². The first-order valence-electron chi connectivity index (χ1n) is 9.49. The van der Waals surface area contributed by atoms with E-state index in [-0.39, 0.29) is 11.6 Å². The van der Waals surface area contributed by atoms with Crippen molar-refractivity contribution in [1.29, 1.82) is 0 Å². The zero-order valence-electron chi connectivity index (χ0n) is 16.2. The molecular formula is C22H16FN7O. The first-order chi connectivity index (χ1) is 15.2. The monoisotopic (exact) mass is 413 g/mol. The molecule has 3 heterocycles. The standard InChI is InChI=1S/C22H16FN7O/c23-17-6-1-2-7-18(17)30-20(15-8-10-25-11-9-15)19(27-29-30)22-26-21(28-31-22)16-5-3-4-14(12-16)13-24/h1-12H,13,24H2. The van der Waals surface area contributed by atoms with Crippen LogP contribution in [0.4, 0.5) is 4.39 Å². The molecule has 0 saturated carbocycles. The number of hydrogen-bond acceptors (Lipinski definition) is 7. The maximum atomic E-state index is 14.5. The number of hydrogen-bond donors (Lipinski definition) is 1. The molecule has 0 bridgehead atoms. The average molecular weight is 413 g/mol. The summed E-state index contributed by atoms with van der Waals surface area (Å²) in [6.07, 6.45) is 3.27. The minimum atomic E-state index is -0.431. The van der Waals surface area contributed by atoms with Crippen molar-refractivity contribution in [3.8, 4) is 39.9 Å². The quantitative estimate of drug-likeness (QED) is 0.468. The van der Waals surface area contributed by atoms with E-state index in [1.165, 1.54) is 10.7 Å². The molecule has 0 saturated heterocycles. The predicted octanol–water partition coefficient (Wildman–Crippen LogP) is 3.64. The third-order valence-electron chi connectivity index (χ3n) is 4.75. The van der Waals surface area contributed by atoms with Gasteiger partial charge in [0, 0.05) is 30.1 Å². The van der Waals surface area contributed by atoms with E-state index in [9.17, 15) is 4.39 Å². The first-order valence-corrected chi connectivity index (χ1v) is 9.49. The van der Waals surface area contributed by atoms with Gasteiger partial charge in [-0.05, 0) is 35.9 Å². The van der Waals surface area contributed by atoms with Crippen LogP contribution in [0.3, 0.4) is 0 Å². The van der Waals surface area contributed by atoms with Crippen molar-refractivity contribution in [2.24, 2.45) is 5.73 Å². The summed E-state index contributed by atoms with van der Waals surface area (Å²) in [6, 6.07) is 17.5. The number of aromatic nitrogens is 6. The molecule has 0 spiro atoms. The Bertz CT molecular complexity index is 1350. The number of nitrogens with zero attached hydrogens (tertiary/aromatic N) is 6. The summed E-state index contributed by atoms with van der Waals surface area (Å²) in [5.74, 6) is 0.132. The van der Waals surface area contributed by atoms with Gasteiger partial charge >= 0.3 is 0 Å². The Kier molecular flexibility index (Phi) is 4.77. The molecule has 0 aliphatic carbocycles. The van der Waals surface area contributed by atoms with Crippen molar-refractivity contribution in [2.45, 2.75) is 6.54 Å². The number of para-hydroxylation sites is 1. The molecule has 2 aromatic carbocycles. The molecule has 0 aliphatic rings. The van der Waals surface area contributed by atoms with Crippen LogP contribution in [0.2, 0.25) is 0 Å². The van der Waals surface area contributed by atoms with Crippen LogP contribution in [0.25, 0.3) is 39.9 Å². The molecule has 3 aromatic heterocycles. The van der Waals surface area contributed by atoms with E-state index in [0.717, 1.165) is 16.7 Å². The van der Waals surface area contributed by atoms with Gasteiger partial charge in [0.25, 0.3) is 5.89 Å². The van der Waals surface area contributed by atoms with Crippen LogP contribution in [0, 0.1) is 5.82 Å². The lowest BCUT2D eigenvalue weighted by atomic mass is 10.1. The third kappa shape index (κ3) is 3.47. The van der Waals surface area contributed by atoms with Gasteiger partial charge in [0.15, 0.2) is 5.69 Å². The highest BCUT2D eigenvalue weighted by atomic mass is 19.1. The van der Waals surface area contributed by atoms with Crippen LogP contribution in [-0.4, -0.2) is 30.1 Å². The van der Waals surface area contributed by atoms with E-state index in [2.05, 4.69) is 25.4 Å². The van der Waals surface area contributed by atoms with Gasteiger partial charge in [0.2, 0.25) is 5.82 Å². The maximum Gasteiger partial charge on any atom is 0.281 e. The maximum absolute atomic E-state index is 14.5. The lowest BCUT2D eigenvalue weighted by Crippen LogP contribution is -2.02. The second kappa shape index (κ2) is 7.88. The van der Waals surface area contributed by atoms with Crippen molar-refractivity contribution in [1.82, 2.24) is 30.1 Å². The lowest BCUT2D eigenvalue weighted by Gasteiger charge is -2.08. The first kappa shape index (κ1) is 18.8. The van der Waals surface area contributed by atoms with Crippen molar-refractivity contribution in [3.63, 3.8) is 0 Å². The molecular weight excluding hydrogens is 397 g/mol. The highest BCUT2D eigenvalue weighted by Gasteiger charge is 2.24. The Morgan fingerprint density at radius 3 is 2.61 bits per heavy atom. The zero-order valence-corrected chi connectivity index (χ0v) is 16.2. The highest BCUT2D eigenvalue weighted by Crippen LogP contribution is 2.32. The fraction of sp³-hybridized carbons (Fsp3) is 0.0455. The zero-order chi connectivity index (χ0) is 21.2. The molecule has 31 heavy (non-hydrogen) atoms. The normalized spacial score (nSPS) is 11.0. The van der Waals surface area contributed by atoms with E-state index in [1.54, 1.807) is 42.7 Å². The summed E-state index contributed by atoms with van der Waals surface area (Å²) in [5.41, 5.74) is 9.27. The molecule has 9 heteroatoms. The SMILES string of the molecule is NCc1cccc(-c2noc(-c3nnn(-c4ccccc4F)c3-c3ccncc3)n2)c1. The van der Waals surface area contributed by atoms with Gasteiger partial charge in [-0.2, -0.15) is 4.98 Å². The molecule has 0 amide bonds. The Hall–Kier alpha value is -4.24. The van der Waals surface area contributed by atoms with Crippen LogP contribution in [0.5, 0.6) is 0 Å². The van der Waals surface area contributed by atoms with Gasteiger partial charge in [0.05, 0.1) is 0 Å². The number of pyridine rings is 1. The second-order valence-electron chi connectivity index (χ2n) is 6.71. The molecule has 0 radical (unpaired) electrons. The molecule has 0 unspecified atom stereocenters. The average Bonchev–Trinajstić information content (AvgIpc) is 3.47. The van der Waals surface area contributed by atoms with Gasteiger partial charge in [-0.1, -0.05) is 40.7 Å². The van der Waals surface area contributed by atoms with Crippen LogP contribution in [-0.2, 0) is 6.54 Å². The Morgan fingerprint density at radius 2 is 1.81 bits per heavy atom. The fourth-order valence-electron chi connectivity index (χ4n) is 3.26. The topological polar surface area (TPSA) is 109 Å². The van der Waals surface area contributed by atoms with Crippen LogP contribution in [0.1, 0.15) is 5.56 Å². The minimum absolute atomic E-state index is 0.169. The molecule has 152 valence electrons. The van der Waals surface area contributed by atoms with Gasteiger partial charge in [-0.25, -0.2) is 9.07 Å². The summed E-state index contributed by atoms with van der Waals surface area (Å²) in [4.78, 5) is 8.55. The van der Waals surface area contributed by atoms with Crippen LogP contribution >= 0.6 is 0 Å². The summed E-state index contributed by atoms with van der Waals surface area (Å²) in [6.45, 7) is 0.404. The molecule has 0 fully saturated rings. The van der Waals surface area contributed by atoms with Gasteiger partial charge in [0.1, 0.15) is 17.2 Å². The van der Waals surface area contributed by atoms with E-state index in [0.29, 0.717) is 23.8 Å². The van der Waals surface area contributed by atoms with E-state index < -0.39 is 5.82 Å². The van der Waals surface area contributed by atoms with Crippen molar-refractivity contribution < 1.29 is 8.91 Å². The third-order valence-corrected chi connectivity index (χ3v) is 4.75. The molecule has 8 nitrogen and oxygen atoms in total. The molecule has 2 N–H and O–H groups in total. The van der Waals surface area contributed by atoms with Crippen molar-refractivity contribution in [3.05, 3.63) is 84.4 Å². The van der Waals surface area contributed by atoms with Crippen LogP contribution < -0.4 is 5.73 Å². The molecule has 0 aliphatic heterocycles. The summed E-state index contributed by atoms with van der Waals surface area (Å²) in [5, 5.41) is 12.5. The molecule has 0 atom stereocenters. The Balaban J connectivity index is 1.65. The van der Waals surface area contributed by atoms with Crippen molar-refractivity contribution >= 4 is 0 Å². The molecule has 5 aromatic rings. The Morgan fingerprint density at radius 1 is 0.968 bits per heavy atom. The number of halogens is 1. The largest absolute Gasteiger partial charge is 0.332 e.